The highest BCUT2D eigenvalue weighted by molar-refractivity contribution is 9.10. The lowest BCUT2D eigenvalue weighted by molar-refractivity contribution is 0.170. The molecule has 1 aliphatic heterocycles. The Morgan fingerprint density at radius 2 is 2.21 bits per heavy atom. The molecule has 1 atom stereocenters. The molecule has 0 amide bonds. The molecular formula is C13H19BrN2O3. The smallest absolute Gasteiger partial charge is 0.175 e. The van der Waals surface area contributed by atoms with E-state index in [9.17, 15) is 0 Å². The molecule has 3 N–H and O–H groups in total. The second-order valence-corrected chi connectivity index (χ2v) is 5.12. The quantitative estimate of drug-likeness (QED) is 0.773. The lowest BCUT2D eigenvalue weighted by Gasteiger charge is -2.23. The monoisotopic (exact) mass is 330 g/mol. The normalized spacial score (nSPS) is 15.3. The summed E-state index contributed by atoms with van der Waals surface area (Å²) in [6.45, 7) is 3.08. The minimum Gasteiger partial charge on any atom is -0.486 e. The summed E-state index contributed by atoms with van der Waals surface area (Å²) in [7, 11) is 1.68. The van der Waals surface area contributed by atoms with Gasteiger partial charge in [0.05, 0.1) is 11.1 Å². The van der Waals surface area contributed by atoms with Crippen LogP contribution in [0.25, 0.3) is 0 Å². The van der Waals surface area contributed by atoms with E-state index in [1.54, 1.807) is 7.11 Å². The second kappa shape index (κ2) is 7.09. The van der Waals surface area contributed by atoms with Crippen molar-refractivity contribution in [2.24, 2.45) is 5.73 Å². The fraction of sp³-hybridized carbons (Fsp3) is 0.538. The summed E-state index contributed by atoms with van der Waals surface area (Å²) < 4.78 is 17.1. The van der Waals surface area contributed by atoms with Gasteiger partial charge < -0.3 is 25.3 Å². The Balaban J connectivity index is 2.16. The molecule has 0 spiro atoms. The lowest BCUT2D eigenvalue weighted by Crippen LogP contribution is -2.31. The van der Waals surface area contributed by atoms with Crippen molar-refractivity contribution in [3.05, 3.63) is 22.2 Å². The summed E-state index contributed by atoms with van der Waals surface area (Å²) in [5.41, 5.74) is 6.90. The zero-order valence-electron chi connectivity index (χ0n) is 10.9. The number of methoxy groups -OCH3 is 1. The fourth-order valence-electron chi connectivity index (χ4n) is 2.00. The first-order chi connectivity index (χ1) is 9.26. The number of benzene rings is 1. The SMILES string of the molecule is COCCNC(CN)c1cc(Br)c2c(c1)OCCO2. The van der Waals surface area contributed by atoms with Crippen LogP contribution in [0.5, 0.6) is 11.5 Å². The maximum atomic E-state index is 5.82. The number of nitrogens with two attached hydrogens (primary N) is 1. The number of halogens is 1. The standard InChI is InChI=1S/C13H19BrN2O3/c1-17-3-2-16-11(8-15)9-6-10(14)13-12(7-9)18-4-5-19-13/h6-7,11,16H,2-5,8,15H2,1H3. The van der Waals surface area contributed by atoms with Gasteiger partial charge in [-0.2, -0.15) is 0 Å². The molecule has 1 unspecified atom stereocenters. The molecule has 2 rings (SSSR count). The van der Waals surface area contributed by atoms with Crippen molar-refractivity contribution in [2.75, 3.05) is 40.0 Å². The predicted octanol–water partition coefficient (Wildman–Crippen LogP) is 1.46. The first-order valence-corrected chi connectivity index (χ1v) is 7.07. The van der Waals surface area contributed by atoms with Crippen molar-refractivity contribution in [3.8, 4) is 11.5 Å². The summed E-state index contributed by atoms with van der Waals surface area (Å²) in [6.07, 6.45) is 0. The summed E-state index contributed by atoms with van der Waals surface area (Å²) >= 11 is 3.51. The van der Waals surface area contributed by atoms with E-state index in [1.165, 1.54) is 0 Å². The number of rotatable bonds is 6. The molecule has 1 aromatic carbocycles. The minimum absolute atomic E-state index is 0.0716. The lowest BCUT2D eigenvalue weighted by atomic mass is 10.1. The van der Waals surface area contributed by atoms with Gasteiger partial charge in [0.25, 0.3) is 0 Å². The van der Waals surface area contributed by atoms with E-state index < -0.39 is 0 Å². The van der Waals surface area contributed by atoms with E-state index >= 15 is 0 Å². The van der Waals surface area contributed by atoms with Gasteiger partial charge in [-0.3, -0.25) is 0 Å². The molecule has 106 valence electrons. The Morgan fingerprint density at radius 3 is 2.95 bits per heavy atom. The fourth-order valence-corrected chi connectivity index (χ4v) is 2.58. The molecule has 0 saturated carbocycles. The van der Waals surface area contributed by atoms with Crippen LogP contribution in [0.3, 0.4) is 0 Å². The third kappa shape index (κ3) is 3.60. The van der Waals surface area contributed by atoms with Gasteiger partial charge >= 0.3 is 0 Å². The third-order valence-electron chi connectivity index (χ3n) is 2.95. The van der Waals surface area contributed by atoms with Gasteiger partial charge in [0, 0.05) is 26.2 Å². The highest BCUT2D eigenvalue weighted by Gasteiger charge is 2.19. The largest absolute Gasteiger partial charge is 0.486 e. The number of fused-ring (bicyclic) bond motifs is 1. The van der Waals surface area contributed by atoms with Gasteiger partial charge in [-0.05, 0) is 33.6 Å². The van der Waals surface area contributed by atoms with E-state index in [0.717, 1.165) is 28.1 Å². The average Bonchev–Trinajstić information content (AvgIpc) is 2.44. The zero-order chi connectivity index (χ0) is 13.7. The molecule has 0 aliphatic carbocycles. The van der Waals surface area contributed by atoms with Crippen LogP contribution in [0, 0.1) is 0 Å². The van der Waals surface area contributed by atoms with Crippen LogP contribution in [0.1, 0.15) is 11.6 Å². The molecule has 0 aromatic heterocycles. The molecule has 1 heterocycles. The first-order valence-electron chi connectivity index (χ1n) is 6.27. The molecule has 0 fully saturated rings. The van der Waals surface area contributed by atoms with Gasteiger partial charge in [-0.15, -0.1) is 0 Å². The third-order valence-corrected chi connectivity index (χ3v) is 3.54. The van der Waals surface area contributed by atoms with Crippen LogP contribution in [0.4, 0.5) is 0 Å². The highest BCUT2D eigenvalue weighted by atomic mass is 79.9. The van der Waals surface area contributed by atoms with Gasteiger partial charge in [-0.25, -0.2) is 0 Å². The Hall–Kier alpha value is -0.820. The summed E-state index contributed by atoms with van der Waals surface area (Å²) in [5, 5.41) is 3.35. The van der Waals surface area contributed by atoms with Gasteiger partial charge in [0.2, 0.25) is 0 Å². The average molecular weight is 331 g/mol. The molecule has 6 heteroatoms. The number of ether oxygens (including phenoxy) is 3. The Kier molecular flexibility index (Phi) is 5.45. The van der Waals surface area contributed by atoms with Crippen LogP contribution in [-0.2, 0) is 4.74 Å². The number of nitrogens with one attached hydrogen (secondary N) is 1. The van der Waals surface area contributed by atoms with E-state index in [-0.39, 0.29) is 6.04 Å². The van der Waals surface area contributed by atoms with Crippen LogP contribution in [0.2, 0.25) is 0 Å². The van der Waals surface area contributed by atoms with Crippen molar-refractivity contribution in [2.45, 2.75) is 6.04 Å². The Labute approximate surface area is 121 Å². The zero-order valence-corrected chi connectivity index (χ0v) is 12.5. The van der Waals surface area contributed by atoms with Crippen LogP contribution >= 0.6 is 15.9 Å². The van der Waals surface area contributed by atoms with Gasteiger partial charge in [0.15, 0.2) is 11.5 Å². The second-order valence-electron chi connectivity index (χ2n) is 4.26. The highest BCUT2D eigenvalue weighted by Crippen LogP contribution is 2.39. The van der Waals surface area contributed by atoms with Crippen molar-refractivity contribution in [1.82, 2.24) is 5.32 Å². The number of hydrogen-bond acceptors (Lipinski definition) is 5. The van der Waals surface area contributed by atoms with Crippen molar-refractivity contribution < 1.29 is 14.2 Å². The molecule has 0 radical (unpaired) electrons. The summed E-state index contributed by atoms with van der Waals surface area (Å²) in [6, 6.07) is 4.07. The topological polar surface area (TPSA) is 65.7 Å². The molecule has 1 aliphatic rings. The van der Waals surface area contributed by atoms with Crippen LogP contribution in [0.15, 0.2) is 16.6 Å². The van der Waals surface area contributed by atoms with Crippen LogP contribution in [-0.4, -0.2) is 40.0 Å². The van der Waals surface area contributed by atoms with Gasteiger partial charge in [-0.1, -0.05) is 0 Å². The van der Waals surface area contributed by atoms with Crippen molar-refractivity contribution >= 4 is 15.9 Å². The molecular weight excluding hydrogens is 312 g/mol. The first kappa shape index (κ1) is 14.6. The molecule has 0 saturated heterocycles. The summed E-state index contributed by atoms with van der Waals surface area (Å²) in [4.78, 5) is 0. The maximum Gasteiger partial charge on any atom is 0.175 e. The maximum absolute atomic E-state index is 5.82. The minimum atomic E-state index is 0.0716. The van der Waals surface area contributed by atoms with Crippen molar-refractivity contribution in [3.63, 3.8) is 0 Å². The van der Waals surface area contributed by atoms with E-state index in [0.29, 0.717) is 26.4 Å². The molecule has 5 nitrogen and oxygen atoms in total. The van der Waals surface area contributed by atoms with E-state index in [1.807, 2.05) is 12.1 Å². The van der Waals surface area contributed by atoms with E-state index in [2.05, 4.69) is 21.2 Å². The summed E-state index contributed by atoms with van der Waals surface area (Å²) in [5.74, 6) is 1.53. The van der Waals surface area contributed by atoms with Crippen LogP contribution < -0.4 is 20.5 Å². The Morgan fingerprint density at radius 1 is 1.42 bits per heavy atom. The van der Waals surface area contributed by atoms with Gasteiger partial charge in [0.1, 0.15) is 13.2 Å². The Bertz CT molecular complexity index is 429. The van der Waals surface area contributed by atoms with E-state index in [4.69, 9.17) is 19.9 Å². The molecule has 19 heavy (non-hydrogen) atoms. The van der Waals surface area contributed by atoms with Crippen molar-refractivity contribution in [1.29, 1.82) is 0 Å². The number of hydrogen-bond donors (Lipinski definition) is 2. The predicted molar refractivity (Wildman–Crippen MR) is 76.8 cm³/mol. The molecule has 1 aromatic rings. The molecule has 0 bridgehead atoms.